The minimum absolute atomic E-state index is 1.20. The molecule has 0 aliphatic rings. The van der Waals surface area contributed by atoms with Crippen LogP contribution >= 0.6 is 0 Å². The molecule has 0 saturated heterocycles. The van der Waals surface area contributed by atoms with Crippen LogP contribution in [0.5, 0.6) is 0 Å². The van der Waals surface area contributed by atoms with Crippen LogP contribution in [0.25, 0.3) is 88.3 Å². The molecule has 0 fully saturated rings. The zero-order valence-corrected chi connectivity index (χ0v) is 28.6. The van der Waals surface area contributed by atoms with E-state index in [1.165, 1.54) is 93.9 Å². The molecule has 0 atom stereocenters. The molecule has 0 heterocycles. The molecule has 0 aliphatic carbocycles. The Labute approximate surface area is 300 Å². The largest absolute Gasteiger partial charge is 0.0622 e. The van der Waals surface area contributed by atoms with Crippen LogP contribution in [0.4, 0.5) is 0 Å². The second-order valence-electron chi connectivity index (χ2n) is 13.3. The average molecular weight is 649 g/mol. The lowest BCUT2D eigenvalue weighted by Crippen LogP contribution is -1.93. The fourth-order valence-corrected chi connectivity index (χ4v) is 7.75. The van der Waals surface area contributed by atoms with Gasteiger partial charge in [-0.05, 0) is 113 Å². The summed E-state index contributed by atoms with van der Waals surface area (Å²) in [5.74, 6) is 0. The standard InChI is InChI=1S/C51H36/c1-35-15-5-6-22-43(35)50-46-25-9-11-27-48(46)51(49-28-12-10-26-47(49)50)45-24-8-7-23-44(45)42-21-14-20-41(34-42)38-31-29-37(30-32-38)40-19-13-18-39(33-40)36-16-3-2-4-17-36/h2-34H,1H3. The molecular formula is C51H36. The summed E-state index contributed by atoms with van der Waals surface area (Å²) in [6.45, 7) is 2.21. The van der Waals surface area contributed by atoms with Crippen LogP contribution in [0.1, 0.15) is 5.56 Å². The van der Waals surface area contributed by atoms with Crippen molar-refractivity contribution in [1.82, 2.24) is 0 Å². The van der Waals surface area contributed by atoms with Crippen LogP contribution in [-0.4, -0.2) is 0 Å². The first-order chi connectivity index (χ1) is 25.2. The summed E-state index contributed by atoms with van der Waals surface area (Å²) in [4.78, 5) is 0. The van der Waals surface area contributed by atoms with Crippen LogP contribution in [0.2, 0.25) is 0 Å². The summed E-state index contributed by atoms with van der Waals surface area (Å²) in [7, 11) is 0. The van der Waals surface area contributed by atoms with Crippen molar-refractivity contribution in [2.24, 2.45) is 0 Å². The first-order valence-electron chi connectivity index (χ1n) is 17.7. The summed E-state index contributed by atoms with van der Waals surface area (Å²) in [6, 6.07) is 72.9. The van der Waals surface area contributed by atoms with Gasteiger partial charge in [0.2, 0.25) is 0 Å². The molecular weight excluding hydrogens is 613 g/mol. The molecule has 9 rings (SSSR count). The smallest absolute Gasteiger partial charge is 0.00201 e. The molecule has 9 aromatic rings. The van der Waals surface area contributed by atoms with Crippen molar-refractivity contribution in [3.63, 3.8) is 0 Å². The number of hydrogen-bond donors (Lipinski definition) is 0. The van der Waals surface area contributed by atoms with Gasteiger partial charge in [0.1, 0.15) is 0 Å². The Morgan fingerprint density at radius 3 is 1.12 bits per heavy atom. The third-order valence-corrected chi connectivity index (χ3v) is 10.2. The van der Waals surface area contributed by atoms with E-state index in [1.54, 1.807) is 0 Å². The lowest BCUT2D eigenvalue weighted by Gasteiger charge is -2.20. The molecule has 0 unspecified atom stereocenters. The van der Waals surface area contributed by atoms with Crippen LogP contribution in [0, 0.1) is 6.92 Å². The van der Waals surface area contributed by atoms with Gasteiger partial charge in [0, 0.05) is 0 Å². The SMILES string of the molecule is Cc1ccccc1-c1c2ccccc2c(-c2ccccc2-c2cccc(-c3ccc(-c4cccc(-c5ccccc5)c4)cc3)c2)c2ccccc12. The van der Waals surface area contributed by atoms with E-state index >= 15 is 0 Å². The molecule has 0 aromatic heterocycles. The van der Waals surface area contributed by atoms with Gasteiger partial charge in [0.05, 0.1) is 0 Å². The van der Waals surface area contributed by atoms with E-state index in [9.17, 15) is 0 Å². The summed E-state index contributed by atoms with van der Waals surface area (Å²) in [6.07, 6.45) is 0. The van der Waals surface area contributed by atoms with E-state index in [4.69, 9.17) is 0 Å². The maximum Gasteiger partial charge on any atom is -0.00201 e. The monoisotopic (exact) mass is 648 g/mol. The van der Waals surface area contributed by atoms with Gasteiger partial charge in [-0.15, -0.1) is 0 Å². The zero-order chi connectivity index (χ0) is 34.1. The number of benzene rings is 9. The molecule has 0 radical (unpaired) electrons. The normalized spacial score (nSPS) is 11.2. The van der Waals surface area contributed by atoms with Crippen molar-refractivity contribution < 1.29 is 0 Å². The van der Waals surface area contributed by atoms with Gasteiger partial charge in [-0.1, -0.05) is 188 Å². The third-order valence-electron chi connectivity index (χ3n) is 10.2. The third kappa shape index (κ3) is 5.62. The Morgan fingerprint density at radius 1 is 0.235 bits per heavy atom. The van der Waals surface area contributed by atoms with E-state index < -0.39 is 0 Å². The van der Waals surface area contributed by atoms with Gasteiger partial charge < -0.3 is 0 Å². The molecule has 0 bridgehead atoms. The summed E-state index contributed by atoms with van der Waals surface area (Å²) in [5.41, 5.74) is 16.1. The highest BCUT2D eigenvalue weighted by Crippen LogP contribution is 2.46. The highest BCUT2D eigenvalue weighted by Gasteiger charge is 2.19. The van der Waals surface area contributed by atoms with Gasteiger partial charge in [-0.3, -0.25) is 0 Å². The number of fused-ring (bicyclic) bond motifs is 2. The summed E-state index contributed by atoms with van der Waals surface area (Å²) in [5, 5.41) is 5.09. The van der Waals surface area contributed by atoms with Crippen molar-refractivity contribution in [2.45, 2.75) is 6.92 Å². The Hall–Kier alpha value is -6.50. The van der Waals surface area contributed by atoms with E-state index in [1.807, 2.05) is 0 Å². The quantitative estimate of drug-likeness (QED) is 0.157. The van der Waals surface area contributed by atoms with Crippen molar-refractivity contribution in [2.75, 3.05) is 0 Å². The molecule has 51 heavy (non-hydrogen) atoms. The van der Waals surface area contributed by atoms with Crippen LogP contribution < -0.4 is 0 Å². The highest BCUT2D eigenvalue weighted by molar-refractivity contribution is 6.22. The van der Waals surface area contributed by atoms with Crippen molar-refractivity contribution in [3.8, 4) is 66.8 Å². The van der Waals surface area contributed by atoms with Gasteiger partial charge in [-0.2, -0.15) is 0 Å². The fourth-order valence-electron chi connectivity index (χ4n) is 7.75. The molecule has 0 heteroatoms. The molecule has 0 saturated carbocycles. The van der Waals surface area contributed by atoms with E-state index in [0.29, 0.717) is 0 Å². The molecule has 0 N–H and O–H groups in total. The van der Waals surface area contributed by atoms with Gasteiger partial charge >= 0.3 is 0 Å². The number of aryl methyl sites for hydroxylation is 1. The molecule has 0 aliphatic heterocycles. The Morgan fingerprint density at radius 2 is 0.588 bits per heavy atom. The first-order valence-corrected chi connectivity index (χ1v) is 17.7. The van der Waals surface area contributed by atoms with Gasteiger partial charge in [0.15, 0.2) is 0 Å². The number of rotatable bonds is 6. The Kier molecular flexibility index (Phi) is 7.84. The van der Waals surface area contributed by atoms with Crippen LogP contribution in [0.3, 0.4) is 0 Å². The summed E-state index contributed by atoms with van der Waals surface area (Å²) < 4.78 is 0. The maximum atomic E-state index is 2.34. The highest BCUT2D eigenvalue weighted by atomic mass is 14.2. The average Bonchev–Trinajstić information content (AvgIpc) is 3.21. The van der Waals surface area contributed by atoms with Crippen molar-refractivity contribution >= 4 is 21.5 Å². The van der Waals surface area contributed by atoms with Gasteiger partial charge in [0.25, 0.3) is 0 Å². The molecule has 240 valence electrons. The lowest BCUT2D eigenvalue weighted by molar-refractivity contribution is 1.47. The van der Waals surface area contributed by atoms with Crippen molar-refractivity contribution in [1.29, 1.82) is 0 Å². The van der Waals surface area contributed by atoms with E-state index in [2.05, 4.69) is 207 Å². The maximum absolute atomic E-state index is 2.34. The predicted octanol–water partition coefficient (Wildman–Crippen LogP) is 14.3. The topological polar surface area (TPSA) is 0 Å². The Balaban J connectivity index is 1.14. The number of hydrogen-bond acceptors (Lipinski definition) is 0. The van der Waals surface area contributed by atoms with E-state index in [0.717, 1.165) is 0 Å². The predicted molar refractivity (Wildman–Crippen MR) is 219 cm³/mol. The molecule has 0 spiro atoms. The second-order valence-corrected chi connectivity index (χ2v) is 13.3. The summed E-state index contributed by atoms with van der Waals surface area (Å²) >= 11 is 0. The lowest BCUT2D eigenvalue weighted by atomic mass is 9.83. The minimum Gasteiger partial charge on any atom is -0.0622 e. The first kappa shape index (κ1) is 30.6. The molecule has 0 nitrogen and oxygen atoms in total. The van der Waals surface area contributed by atoms with Gasteiger partial charge in [-0.25, -0.2) is 0 Å². The Bertz CT molecular complexity index is 2620. The van der Waals surface area contributed by atoms with Crippen LogP contribution in [-0.2, 0) is 0 Å². The van der Waals surface area contributed by atoms with Crippen LogP contribution in [0.15, 0.2) is 200 Å². The van der Waals surface area contributed by atoms with E-state index in [-0.39, 0.29) is 0 Å². The second kappa shape index (κ2) is 13.1. The molecule has 9 aromatic carbocycles. The fraction of sp³-hybridized carbons (Fsp3) is 0.0196. The zero-order valence-electron chi connectivity index (χ0n) is 28.6. The van der Waals surface area contributed by atoms with Crippen molar-refractivity contribution in [3.05, 3.63) is 206 Å². The minimum atomic E-state index is 1.20. The molecule has 0 amide bonds.